The van der Waals surface area contributed by atoms with Crippen molar-refractivity contribution < 1.29 is 9.53 Å². The number of nitrogens with two attached hydrogens (primary N) is 1. The molecular weight excluding hydrogens is 288 g/mol. The third-order valence-corrected chi connectivity index (χ3v) is 3.63. The lowest BCUT2D eigenvalue weighted by Crippen LogP contribution is -2.40. The van der Waals surface area contributed by atoms with Crippen molar-refractivity contribution in [3.63, 3.8) is 0 Å². The molecule has 0 aliphatic rings. The number of thiazole rings is 1. The first-order valence-corrected chi connectivity index (χ1v) is 7.42. The van der Waals surface area contributed by atoms with Crippen LogP contribution in [0.25, 0.3) is 0 Å². The number of hydrogen-bond acceptors (Lipinski definition) is 5. The van der Waals surface area contributed by atoms with Crippen LogP contribution in [0.1, 0.15) is 16.3 Å². The number of urea groups is 1. The second-order valence-corrected chi connectivity index (χ2v) is 5.50. The van der Waals surface area contributed by atoms with E-state index in [4.69, 9.17) is 10.6 Å². The minimum Gasteiger partial charge on any atom is -0.487 e. The van der Waals surface area contributed by atoms with Crippen molar-refractivity contribution in [3.05, 3.63) is 45.9 Å². The van der Waals surface area contributed by atoms with Gasteiger partial charge in [-0.1, -0.05) is 12.1 Å². The number of carbonyl (C=O) groups is 1. The van der Waals surface area contributed by atoms with Crippen LogP contribution in [0.3, 0.4) is 0 Å². The fraction of sp³-hybridized carbons (Fsp3) is 0.286. The van der Waals surface area contributed by atoms with Crippen LogP contribution in [0.4, 0.5) is 4.79 Å². The molecule has 2 aromatic rings. The third-order valence-electron chi connectivity index (χ3n) is 2.81. The van der Waals surface area contributed by atoms with Crippen LogP contribution in [0, 0.1) is 6.92 Å². The molecule has 4 N–H and O–H groups in total. The molecule has 0 saturated carbocycles. The molecule has 0 spiro atoms. The molecule has 0 saturated heterocycles. The molecule has 0 unspecified atom stereocenters. The van der Waals surface area contributed by atoms with E-state index in [0.717, 1.165) is 28.4 Å². The predicted octanol–water partition coefficient (Wildman–Crippen LogP) is 1.75. The number of ether oxygens (including phenoxy) is 1. The van der Waals surface area contributed by atoms with Gasteiger partial charge in [-0.3, -0.25) is 5.43 Å². The molecule has 2 amide bonds. The minimum atomic E-state index is -0.381. The fourth-order valence-corrected chi connectivity index (χ4v) is 2.35. The zero-order valence-corrected chi connectivity index (χ0v) is 12.6. The van der Waals surface area contributed by atoms with Crippen molar-refractivity contribution in [2.75, 3.05) is 6.54 Å². The van der Waals surface area contributed by atoms with E-state index in [9.17, 15) is 4.79 Å². The maximum Gasteiger partial charge on any atom is 0.328 e. The van der Waals surface area contributed by atoms with Crippen LogP contribution in [0.15, 0.2) is 29.6 Å². The van der Waals surface area contributed by atoms with Gasteiger partial charge in [-0.05, 0) is 31.0 Å². The van der Waals surface area contributed by atoms with E-state index in [0.29, 0.717) is 13.2 Å². The molecule has 1 heterocycles. The molecule has 7 heteroatoms. The summed E-state index contributed by atoms with van der Waals surface area (Å²) in [7, 11) is 0. The Labute approximate surface area is 127 Å². The molecule has 0 atom stereocenters. The summed E-state index contributed by atoms with van der Waals surface area (Å²) in [6, 6.07) is 7.40. The fourth-order valence-electron chi connectivity index (χ4n) is 1.76. The summed E-state index contributed by atoms with van der Waals surface area (Å²) in [6.07, 6.45) is 0.735. The highest BCUT2D eigenvalue weighted by Gasteiger charge is 2.01. The lowest BCUT2D eigenvalue weighted by molar-refractivity contribution is 0.241. The van der Waals surface area contributed by atoms with Gasteiger partial charge in [-0.2, -0.15) is 0 Å². The molecular formula is C14H18N4O2S. The van der Waals surface area contributed by atoms with Gasteiger partial charge in [0.15, 0.2) is 0 Å². The van der Waals surface area contributed by atoms with Crippen LogP contribution in [0.2, 0.25) is 0 Å². The molecule has 1 aromatic carbocycles. The molecule has 21 heavy (non-hydrogen) atoms. The van der Waals surface area contributed by atoms with Gasteiger partial charge >= 0.3 is 6.03 Å². The Balaban J connectivity index is 1.77. The Bertz CT molecular complexity index is 583. The van der Waals surface area contributed by atoms with Gasteiger partial charge in [0, 0.05) is 11.9 Å². The maximum atomic E-state index is 10.9. The van der Waals surface area contributed by atoms with Crippen molar-refractivity contribution in [2.24, 2.45) is 5.84 Å². The highest BCUT2D eigenvalue weighted by atomic mass is 32.1. The van der Waals surface area contributed by atoms with Crippen LogP contribution in [0.5, 0.6) is 5.75 Å². The number of hydrogen-bond donors (Lipinski definition) is 3. The van der Waals surface area contributed by atoms with E-state index in [1.807, 2.05) is 42.0 Å². The lowest BCUT2D eigenvalue weighted by atomic mass is 10.1. The van der Waals surface area contributed by atoms with Gasteiger partial charge in [0.25, 0.3) is 0 Å². The minimum absolute atomic E-state index is 0.381. The number of aromatic nitrogens is 1. The van der Waals surface area contributed by atoms with E-state index < -0.39 is 0 Å². The zero-order chi connectivity index (χ0) is 15.1. The van der Waals surface area contributed by atoms with Crippen molar-refractivity contribution in [3.8, 4) is 5.75 Å². The van der Waals surface area contributed by atoms with Crippen molar-refractivity contribution >= 4 is 17.4 Å². The summed E-state index contributed by atoms with van der Waals surface area (Å²) >= 11 is 1.62. The average molecular weight is 306 g/mol. The number of hydrazine groups is 1. The Morgan fingerprint density at radius 3 is 2.76 bits per heavy atom. The summed E-state index contributed by atoms with van der Waals surface area (Å²) in [5.41, 5.74) is 4.08. The van der Waals surface area contributed by atoms with Gasteiger partial charge in [0.2, 0.25) is 0 Å². The molecule has 0 aliphatic carbocycles. The second kappa shape index (κ2) is 7.61. The standard InChI is InChI=1S/C14H18N4O2S/c1-10-17-12(9-21-10)8-20-13-4-2-11(3-5-13)6-7-16-14(19)18-15/h2-5,9H,6-8,15H2,1H3,(H2,16,18,19). The molecule has 112 valence electrons. The van der Waals surface area contributed by atoms with E-state index in [1.165, 1.54) is 0 Å². The summed E-state index contributed by atoms with van der Waals surface area (Å²) in [6.45, 7) is 2.98. The van der Waals surface area contributed by atoms with Gasteiger partial charge < -0.3 is 10.1 Å². The Morgan fingerprint density at radius 1 is 1.38 bits per heavy atom. The second-order valence-electron chi connectivity index (χ2n) is 4.44. The maximum absolute atomic E-state index is 10.9. The van der Waals surface area contributed by atoms with E-state index in [-0.39, 0.29) is 6.03 Å². The van der Waals surface area contributed by atoms with Crippen LogP contribution in [-0.4, -0.2) is 17.6 Å². The smallest absolute Gasteiger partial charge is 0.328 e. The van der Waals surface area contributed by atoms with Crippen LogP contribution >= 0.6 is 11.3 Å². The SMILES string of the molecule is Cc1nc(COc2ccc(CCNC(=O)NN)cc2)cs1. The molecule has 0 bridgehead atoms. The average Bonchev–Trinajstić information content (AvgIpc) is 2.92. The first-order chi connectivity index (χ1) is 10.2. The number of amides is 2. The van der Waals surface area contributed by atoms with Gasteiger partial charge in [0.05, 0.1) is 10.7 Å². The highest BCUT2D eigenvalue weighted by Crippen LogP contribution is 2.15. The first-order valence-electron chi connectivity index (χ1n) is 6.54. The molecule has 0 radical (unpaired) electrons. The zero-order valence-electron chi connectivity index (χ0n) is 11.8. The Hall–Kier alpha value is -2.12. The molecule has 0 fully saturated rings. The summed E-state index contributed by atoms with van der Waals surface area (Å²) in [5, 5.41) is 5.67. The molecule has 2 rings (SSSR count). The predicted molar refractivity (Wildman–Crippen MR) is 82.1 cm³/mol. The Morgan fingerprint density at radius 2 is 2.14 bits per heavy atom. The van der Waals surface area contributed by atoms with Gasteiger partial charge in [0.1, 0.15) is 12.4 Å². The van der Waals surface area contributed by atoms with Crippen LogP contribution < -0.4 is 21.3 Å². The van der Waals surface area contributed by atoms with Crippen molar-refractivity contribution in [2.45, 2.75) is 20.0 Å². The number of aryl methyl sites for hydroxylation is 1. The Kier molecular flexibility index (Phi) is 5.53. The normalized spacial score (nSPS) is 10.2. The van der Waals surface area contributed by atoms with Gasteiger partial charge in [-0.15, -0.1) is 11.3 Å². The topological polar surface area (TPSA) is 89.3 Å². The molecule has 0 aliphatic heterocycles. The van der Waals surface area contributed by atoms with E-state index in [1.54, 1.807) is 11.3 Å². The first kappa shape index (κ1) is 15.3. The third kappa shape index (κ3) is 5.05. The van der Waals surface area contributed by atoms with Crippen molar-refractivity contribution in [1.82, 2.24) is 15.7 Å². The summed E-state index contributed by atoms with van der Waals surface area (Å²) < 4.78 is 5.67. The van der Waals surface area contributed by atoms with Gasteiger partial charge in [-0.25, -0.2) is 15.6 Å². The summed E-state index contributed by atoms with van der Waals surface area (Å²) in [5.74, 6) is 5.77. The number of rotatable bonds is 6. The summed E-state index contributed by atoms with van der Waals surface area (Å²) in [4.78, 5) is 15.3. The molecule has 6 nitrogen and oxygen atoms in total. The number of carbonyl (C=O) groups excluding carboxylic acids is 1. The molecule has 1 aromatic heterocycles. The number of benzene rings is 1. The van der Waals surface area contributed by atoms with Crippen LogP contribution in [-0.2, 0) is 13.0 Å². The monoisotopic (exact) mass is 306 g/mol. The van der Waals surface area contributed by atoms with E-state index in [2.05, 4.69) is 10.3 Å². The largest absolute Gasteiger partial charge is 0.487 e. The highest BCUT2D eigenvalue weighted by molar-refractivity contribution is 7.09. The van der Waals surface area contributed by atoms with Crippen molar-refractivity contribution in [1.29, 1.82) is 0 Å². The number of nitrogens with one attached hydrogen (secondary N) is 2. The quantitative estimate of drug-likeness (QED) is 0.431. The number of nitrogens with zero attached hydrogens (tertiary/aromatic N) is 1. The lowest BCUT2D eigenvalue weighted by Gasteiger charge is -2.07. The van der Waals surface area contributed by atoms with E-state index >= 15 is 0 Å².